The summed E-state index contributed by atoms with van der Waals surface area (Å²) in [6.07, 6.45) is -0.681. The fourth-order valence-electron chi connectivity index (χ4n) is 0.843. The summed E-state index contributed by atoms with van der Waals surface area (Å²) < 4.78 is 10.7. The van der Waals surface area contributed by atoms with Crippen LogP contribution in [0.2, 0.25) is 0 Å². The monoisotopic (exact) mass is 202 g/mol. The molecule has 0 heterocycles. The van der Waals surface area contributed by atoms with Crippen molar-refractivity contribution in [3.05, 3.63) is 0 Å². The summed E-state index contributed by atoms with van der Waals surface area (Å²) in [7, 11) is 0. The van der Waals surface area contributed by atoms with Gasteiger partial charge in [-0.25, -0.2) is 0 Å². The maximum absolute atomic E-state index is 11.1. The standard InChI is InChI=1S/C11H22O3/c1-8(2)6-13-11(10(5)12)14-7-9(3)4/h8-9,11H,6-7H2,1-5H3. The lowest BCUT2D eigenvalue weighted by molar-refractivity contribution is -0.173. The molecule has 3 heteroatoms. The van der Waals surface area contributed by atoms with Crippen LogP contribution in [0, 0.1) is 11.8 Å². The first kappa shape index (κ1) is 13.6. The molecule has 0 aromatic heterocycles. The number of hydrogen-bond donors (Lipinski definition) is 0. The Labute approximate surface area is 86.8 Å². The van der Waals surface area contributed by atoms with Crippen molar-refractivity contribution in [1.29, 1.82) is 0 Å². The molecule has 0 amide bonds. The molecule has 0 spiro atoms. The van der Waals surface area contributed by atoms with Gasteiger partial charge in [-0.1, -0.05) is 27.7 Å². The summed E-state index contributed by atoms with van der Waals surface area (Å²) in [5.41, 5.74) is 0. The Morgan fingerprint density at radius 1 is 1.00 bits per heavy atom. The Kier molecular flexibility index (Phi) is 6.75. The van der Waals surface area contributed by atoms with Gasteiger partial charge < -0.3 is 9.47 Å². The van der Waals surface area contributed by atoms with Gasteiger partial charge in [0.05, 0.1) is 13.2 Å². The van der Waals surface area contributed by atoms with Crippen molar-refractivity contribution in [2.24, 2.45) is 11.8 Å². The molecule has 0 radical (unpaired) electrons. The average Bonchev–Trinajstić information content (AvgIpc) is 2.02. The van der Waals surface area contributed by atoms with Crippen LogP contribution in [0.25, 0.3) is 0 Å². The van der Waals surface area contributed by atoms with Crippen molar-refractivity contribution in [3.63, 3.8) is 0 Å². The van der Waals surface area contributed by atoms with Crippen LogP contribution in [-0.4, -0.2) is 25.3 Å². The number of hydrogen-bond acceptors (Lipinski definition) is 3. The van der Waals surface area contributed by atoms with E-state index in [1.165, 1.54) is 6.92 Å². The molecule has 0 bridgehead atoms. The topological polar surface area (TPSA) is 35.5 Å². The molecule has 3 nitrogen and oxygen atoms in total. The highest BCUT2D eigenvalue weighted by atomic mass is 16.7. The van der Waals surface area contributed by atoms with E-state index in [1.54, 1.807) is 0 Å². The lowest BCUT2D eigenvalue weighted by Crippen LogP contribution is -2.28. The number of carbonyl (C=O) groups excluding carboxylic acids is 1. The summed E-state index contributed by atoms with van der Waals surface area (Å²) in [4.78, 5) is 11.1. The second kappa shape index (κ2) is 6.96. The highest BCUT2D eigenvalue weighted by Crippen LogP contribution is 2.04. The molecular formula is C11H22O3. The Hall–Kier alpha value is -0.410. The molecule has 0 fully saturated rings. The second-order valence-electron chi connectivity index (χ2n) is 4.40. The van der Waals surface area contributed by atoms with Crippen LogP contribution in [0.15, 0.2) is 0 Å². The lowest BCUT2D eigenvalue weighted by Gasteiger charge is -2.18. The number of ether oxygens (including phenoxy) is 2. The molecule has 84 valence electrons. The van der Waals surface area contributed by atoms with E-state index in [0.29, 0.717) is 25.0 Å². The van der Waals surface area contributed by atoms with E-state index in [1.807, 2.05) is 27.7 Å². The van der Waals surface area contributed by atoms with Crippen molar-refractivity contribution in [2.45, 2.75) is 40.9 Å². The fraction of sp³-hybridized carbons (Fsp3) is 0.909. The van der Waals surface area contributed by atoms with Gasteiger partial charge in [-0.05, 0) is 18.8 Å². The minimum atomic E-state index is -0.681. The van der Waals surface area contributed by atoms with Crippen molar-refractivity contribution in [1.82, 2.24) is 0 Å². The quantitative estimate of drug-likeness (QED) is 0.594. The van der Waals surface area contributed by atoms with Crippen molar-refractivity contribution in [2.75, 3.05) is 13.2 Å². The fourth-order valence-corrected chi connectivity index (χ4v) is 0.843. The van der Waals surface area contributed by atoms with Crippen LogP contribution in [0.3, 0.4) is 0 Å². The van der Waals surface area contributed by atoms with Gasteiger partial charge in [0.25, 0.3) is 0 Å². The van der Waals surface area contributed by atoms with Gasteiger partial charge in [-0.3, -0.25) is 4.79 Å². The number of carbonyl (C=O) groups is 1. The molecular weight excluding hydrogens is 180 g/mol. The molecule has 0 rings (SSSR count). The van der Waals surface area contributed by atoms with Crippen LogP contribution >= 0.6 is 0 Å². The Bertz CT molecular complexity index is 152. The summed E-state index contributed by atoms with van der Waals surface area (Å²) >= 11 is 0. The molecule has 0 aliphatic rings. The van der Waals surface area contributed by atoms with Gasteiger partial charge in [0, 0.05) is 0 Å². The summed E-state index contributed by atoms with van der Waals surface area (Å²) in [6.45, 7) is 10.8. The van der Waals surface area contributed by atoms with Crippen LogP contribution in [0.5, 0.6) is 0 Å². The SMILES string of the molecule is CC(=O)C(OCC(C)C)OCC(C)C. The van der Waals surface area contributed by atoms with E-state index in [-0.39, 0.29) is 5.78 Å². The zero-order valence-corrected chi connectivity index (χ0v) is 9.87. The van der Waals surface area contributed by atoms with Crippen molar-refractivity contribution < 1.29 is 14.3 Å². The van der Waals surface area contributed by atoms with E-state index < -0.39 is 6.29 Å². The molecule has 0 aromatic rings. The Balaban J connectivity index is 3.84. The maximum atomic E-state index is 11.1. The highest BCUT2D eigenvalue weighted by Gasteiger charge is 2.16. The third kappa shape index (κ3) is 7.04. The molecule has 0 aromatic carbocycles. The first-order valence-electron chi connectivity index (χ1n) is 5.17. The van der Waals surface area contributed by atoms with Gasteiger partial charge >= 0.3 is 0 Å². The first-order valence-corrected chi connectivity index (χ1v) is 5.17. The minimum absolute atomic E-state index is 0.0636. The van der Waals surface area contributed by atoms with Crippen molar-refractivity contribution in [3.8, 4) is 0 Å². The zero-order valence-electron chi connectivity index (χ0n) is 9.87. The Morgan fingerprint density at radius 3 is 1.57 bits per heavy atom. The van der Waals surface area contributed by atoms with Crippen LogP contribution in [0.1, 0.15) is 34.6 Å². The van der Waals surface area contributed by atoms with Gasteiger partial charge in [-0.15, -0.1) is 0 Å². The zero-order chi connectivity index (χ0) is 11.1. The van der Waals surface area contributed by atoms with Crippen LogP contribution < -0.4 is 0 Å². The number of rotatable bonds is 7. The van der Waals surface area contributed by atoms with Gasteiger partial charge in [-0.2, -0.15) is 0 Å². The third-order valence-electron chi connectivity index (χ3n) is 1.49. The third-order valence-corrected chi connectivity index (χ3v) is 1.49. The average molecular weight is 202 g/mol. The molecule has 0 aliphatic heterocycles. The van der Waals surface area contributed by atoms with E-state index in [4.69, 9.17) is 9.47 Å². The number of ketones is 1. The molecule has 0 saturated carbocycles. The van der Waals surface area contributed by atoms with Gasteiger partial charge in [0.2, 0.25) is 6.29 Å². The molecule has 0 atom stereocenters. The number of Topliss-reactive ketones (excluding diaryl/α,β-unsaturated/α-hetero) is 1. The molecule has 14 heavy (non-hydrogen) atoms. The summed E-state index contributed by atoms with van der Waals surface area (Å²) in [6, 6.07) is 0. The van der Waals surface area contributed by atoms with E-state index >= 15 is 0 Å². The van der Waals surface area contributed by atoms with E-state index in [0.717, 1.165) is 0 Å². The smallest absolute Gasteiger partial charge is 0.217 e. The largest absolute Gasteiger partial charge is 0.346 e. The summed E-state index contributed by atoms with van der Waals surface area (Å²) in [5, 5.41) is 0. The van der Waals surface area contributed by atoms with Gasteiger partial charge in [0.1, 0.15) is 0 Å². The van der Waals surface area contributed by atoms with Crippen LogP contribution in [0.4, 0.5) is 0 Å². The van der Waals surface area contributed by atoms with E-state index in [2.05, 4.69) is 0 Å². The highest BCUT2D eigenvalue weighted by molar-refractivity contribution is 5.79. The maximum Gasteiger partial charge on any atom is 0.217 e. The predicted octanol–water partition coefficient (Wildman–Crippen LogP) is 2.25. The summed E-state index contributed by atoms with van der Waals surface area (Å²) in [5.74, 6) is 0.769. The first-order chi connectivity index (χ1) is 6.43. The molecule has 0 aliphatic carbocycles. The predicted molar refractivity (Wildman–Crippen MR) is 56.0 cm³/mol. The van der Waals surface area contributed by atoms with Gasteiger partial charge in [0.15, 0.2) is 5.78 Å². The van der Waals surface area contributed by atoms with Crippen molar-refractivity contribution >= 4 is 5.78 Å². The normalized spacial score (nSPS) is 11.7. The second-order valence-corrected chi connectivity index (χ2v) is 4.40. The van der Waals surface area contributed by atoms with E-state index in [9.17, 15) is 4.79 Å². The minimum Gasteiger partial charge on any atom is -0.346 e. The van der Waals surface area contributed by atoms with Crippen LogP contribution in [-0.2, 0) is 14.3 Å². The molecule has 0 unspecified atom stereocenters. The molecule has 0 saturated heterocycles. The Morgan fingerprint density at radius 2 is 1.36 bits per heavy atom. The molecule has 0 N–H and O–H groups in total. The lowest BCUT2D eigenvalue weighted by atomic mass is 10.2.